The van der Waals surface area contributed by atoms with Crippen molar-refractivity contribution in [1.29, 1.82) is 0 Å². The molecule has 2 N–H and O–H groups in total. The molecule has 0 bridgehead atoms. The number of halogens is 3. The first-order valence-corrected chi connectivity index (χ1v) is 7.54. The Morgan fingerprint density at radius 3 is 2.14 bits per heavy atom. The summed E-state index contributed by atoms with van der Waals surface area (Å²) in [7, 11) is -2.23. The number of rotatable bonds is 4. The second kappa shape index (κ2) is 5.93. The smallest absolute Gasteiger partial charge is 0.340 e. The Labute approximate surface area is 125 Å². The maximum atomic E-state index is 12.4. The SMILES string of the molecule is CNS(=O)(=O)c1ccc(Nc2ccc(C(F)(F)F)cn2)cc1. The van der Waals surface area contributed by atoms with Crippen LogP contribution in [0, 0.1) is 0 Å². The van der Waals surface area contributed by atoms with Gasteiger partial charge in [0.25, 0.3) is 0 Å². The van der Waals surface area contributed by atoms with E-state index in [2.05, 4.69) is 15.0 Å². The second-order valence-corrected chi connectivity index (χ2v) is 6.17. The summed E-state index contributed by atoms with van der Waals surface area (Å²) >= 11 is 0. The van der Waals surface area contributed by atoms with Crippen molar-refractivity contribution in [2.24, 2.45) is 0 Å². The molecule has 0 spiro atoms. The topological polar surface area (TPSA) is 71.1 Å². The van der Waals surface area contributed by atoms with Crippen molar-refractivity contribution in [3.8, 4) is 0 Å². The molecule has 5 nitrogen and oxygen atoms in total. The highest BCUT2D eigenvalue weighted by Gasteiger charge is 2.30. The van der Waals surface area contributed by atoms with Crippen molar-refractivity contribution in [3.63, 3.8) is 0 Å². The summed E-state index contributed by atoms with van der Waals surface area (Å²) in [6.45, 7) is 0. The molecule has 2 aromatic rings. The molecule has 0 atom stereocenters. The third-order valence-corrected chi connectivity index (χ3v) is 4.23. The van der Waals surface area contributed by atoms with Crippen LogP contribution in [0.1, 0.15) is 5.56 Å². The fourth-order valence-electron chi connectivity index (χ4n) is 1.62. The molecule has 0 radical (unpaired) electrons. The number of nitrogens with one attached hydrogen (secondary N) is 2. The van der Waals surface area contributed by atoms with E-state index in [0.29, 0.717) is 5.69 Å². The Morgan fingerprint density at radius 1 is 1.05 bits per heavy atom. The van der Waals surface area contributed by atoms with E-state index >= 15 is 0 Å². The first-order chi connectivity index (χ1) is 10.2. The number of pyridine rings is 1. The minimum Gasteiger partial charge on any atom is -0.340 e. The van der Waals surface area contributed by atoms with E-state index in [1.807, 2.05) is 0 Å². The maximum absolute atomic E-state index is 12.4. The molecule has 0 amide bonds. The van der Waals surface area contributed by atoms with Crippen LogP contribution in [0.2, 0.25) is 0 Å². The fraction of sp³-hybridized carbons (Fsp3) is 0.154. The van der Waals surface area contributed by atoms with Crippen LogP contribution in [0.15, 0.2) is 47.5 Å². The lowest BCUT2D eigenvalue weighted by atomic mass is 10.2. The zero-order valence-corrected chi connectivity index (χ0v) is 12.2. The Hall–Kier alpha value is -2.13. The van der Waals surface area contributed by atoms with Crippen molar-refractivity contribution < 1.29 is 21.6 Å². The summed E-state index contributed by atoms with van der Waals surface area (Å²) in [5.41, 5.74) is -0.337. The van der Waals surface area contributed by atoms with Gasteiger partial charge in [-0.15, -0.1) is 0 Å². The highest BCUT2D eigenvalue weighted by Crippen LogP contribution is 2.29. The minimum absolute atomic E-state index is 0.0842. The molecule has 22 heavy (non-hydrogen) atoms. The maximum Gasteiger partial charge on any atom is 0.417 e. The number of aromatic nitrogens is 1. The number of hydrogen-bond donors (Lipinski definition) is 2. The third-order valence-electron chi connectivity index (χ3n) is 2.80. The van der Waals surface area contributed by atoms with Crippen LogP contribution in [-0.2, 0) is 16.2 Å². The lowest BCUT2D eigenvalue weighted by Gasteiger charge is -2.09. The van der Waals surface area contributed by atoms with Gasteiger partial charge in [-0.3, -0.25) is 0 Å². The Kier molecular flexibility index (Phi) is 4.38. The molecule has 9 heteroatoms. The van der Waals surface area contributed by atoms with E-state index in [1.54, 1.807) is 0 Å². The predicted octanol–water partition coefficient (Wildman–Crippen LogP) is 2.75. The van der Waals surface area contributed by atoms with Crippen molar-refractivity contribution >= 4 is 21.5 Å². The number of alkyl halides is 3. The predicted molar refractivity (Wildman–Crippen MR) is 75.2 cm³/mol. The molecule has 0 unspecified atom stereocenters. The lowest BCUT2D eigenvalue weighted by molar-refractivity contribution is -0.137. The molecule has 0 aliphatic heterocycles. The molecule has 118 valence electrons. The van der Waals surface area contributed by atoms with Crippen molar-refractivity contribution in [1.82, 2.24) is 9.71 Å². The largest absolute Gasteiger partial charge is 0.417 e. The molecule has 1 heterocycles. The summed E-state index contributed by atoms with van der Waals surface area (Å²) in [5, 5.41) is 2.79. The summed E-state index contributed by atoms with van der Waals surface area (Å²) in [6.07, 6.45) is -3.71. The van der Waals surface area contributed by atoms with Gasteiger partial charge in [-0.2, -0.15) is 13.2 Å². The van der Waals surface area contributed by atoms with E-state index in [4.69, 9.17) is 0 Å². The highest BCUT2D eigenvalue weighted by molar-refractivity contribution is 7.89. The molecule has 1 aromatic carbocycles. The third kappa shape index (κ3) is 3.74. The van der Waals surface area contributed by atoms with Crippen LogP contribution >= 0.6 is 0 Å². The number of hydrogen-bond acceptors (Lipinski definition) is 4. The zero-order valence-electron chi connectivity index (χ0n) is 11.3. The second-order valence-electron chi connectivity index (χ2n) is 4.29. The van der Waals surface area contributed by atoms with Crippen molar-refractivity contribution in [2.45, 2.75) is 11.1 Å². The van der Waals surface area contributed by atoms with Gasteiger partial charge >= 0.3 is 6.18 Å². The number of nitrogens with zero attached hydrogens (tertiary/aromatic N) is 1. The molecule has 2 rings (SSSR count). The fourth-order valence-corrected chi connectivity index (χ4v) is 2.35. The Balaban J connectivity index is 2.15. The van der Waals surface area contributed by atoms with Crippen LogP contribution < -0.4 is 10.0 Å². The minimum atomic E-state index is -4.44. The van der Waals surface area contributed by atoms with Crippen molar-refractivity contribution in [3.05, 3.63) is 48.2 Å². The first kappa shape index (κ1) is 16.2. The number of anilines is 2. The molecule has 0 saturated heterocycles. The zero-order chi connectivity index (χ0) is 16.4. The summed E-state index contributed by atoms with van der Waals surface area (Å²) in [4.78, 5) is 3.75. The molecule has 0 fully saturated rings. The van der Waals surface area contributed by atoms with Gasteiger partial charge in [0, 0.05) is 11.9 Å². The summed E-state index contributed by atoms with van der Waals surface area (Å²) in [6, 6.07) is 7.83. The van der Waals surface area contributed by atoms with Gasteiger partial charge in [-0.25, -0.2) is 18.1 Å². The van der Waals surface area contributed by atoms with Crippen LogP contribution in [0.4, 0.5) is 24.7 Å². The van der Waals surface area contributed by atoms with Gasteiger partial charge in [-0.1, -0.05) is 0 Å². The van der Waals surface area contributed by atoms with Gasteiger partial charge < -0.3 is 5.32 Å². The van der Waals surface area contributed by atoms with Crippen LogP contribution in [-0.4, -0.2) is 20.4 Å². The normalized spacial score (nSPS) is 12.2. The van der Waals surface area contributed by atoms with E-state index in [9.17, 15) is 21.6 Å². The van der Waals surface area contributed by atoms with E-state index in [-0.39, 0.29) is 10.7 Å². The van der Waals surface area contributed by atoms with Gasteiger partial charge in [0.05, 0.1) is 10.5 Å². The molecule has 0 saturated carbocycles. The Bertz CT molecular complexity index is 742. The summed E-state index contributed by atoms with van der Waals surface area (Å²) in [5.74, 6) is 0.220. The van der Waals surface area contributed by atoms with Crippen LogP contribution in [0.3, 0.4) is 0 Å². The van der Waals surface area contributed by atoms with Crippen LogP contribution in [0.5, 0.6) is 0 Å². The van der Waals surface area contributed by atoms with Crippen LogP contribution in [0.25, 0.3) is 0 Å². The molecular formula is C13H12F3N3O2S. The lowest BCUT2D eigenvalue weighted by Crippen LogP contribution is -2.18. The molecular weight excluding hydrogens is 319 g/mol. The quantitative estimate of drug-likeness (QED) is 0.904. The highest BCUT2D eigenvalue weighted by atomic mass is 32.2. The van der Waals surface area contributed by atoms with Gasteiger partial charge in [-0.05, 0) is 43.4 Å². The van der Waals surface area contributed by atoms with E-state index in [1.165, 1.54) is 37.4 Å². The average molecular weight is 331 g/mol. The van der Waals surface area contributed by atoms with E-state index in [0.717, 1.165) is 12.3 Å². The number of sulfonamides is 1. The van der Waals surface area contributed by atoms with Crippen molar-refractivity contribution in [2.75, 3.05) is 12.4 Å². The van der Waals surface area contributed by atoms with Gasteiger partial charge in [0.1, 0.15) is 5.82 Å². The average Bonchev–Trinajstić information content (AvgIpc) is 2.47. The molecule has 1 aromatic heterocycles. The standard InChI is InChI=1S/C13H12F3N3O2S/c1-17-22(20,21)11-5-3-10(4-6-11)19-12-7-2-9(8-18-12)13(14,15)16/h2-8,17H,1H3,(H,18,19). The number of benzene rings is 1. The summed E-state index contributed by atoms with van der Waals surface area (Å²) < 4.78 is 62.5. The van der Waals surface area contributed by atoms with Gasteiger partial charge in [0.2, 0.25) is 10.0 Å². The monoisotopic (exact) mass is 331 g/mol. The van der Waals surface area contributed by atoms with E-state index < -0.39 is 21.8 Å². The Morgan fingerprint density at radius 2 is 1.68 bits per heavy atom. The molecule has 0 aliphatic carbocycles. The molecule has 0 aliphatic rings. The van der Waals surface area contributed by atoms with Gasteiger partial charge in [0.15, 0.2) is 0 Å². The first-order valence-electron chi connectivity index (χ1n) is 6.06.